The summed E-state index contributed by atoms with van der Waals surface area (Å²) in [5.74, 6) is 0.932. The molecule has 0 unspecified atom stereocenters. The number of ether oxygens (including phenoxy) is 3. The smallest absolute Gasteiger partial charge is 0.335 e. The number of benzene rings is 4. The highest BCUT2D eigenvalue weighted by atomic mass is 35.5. The van der Waals surface area contributed by atoms with Gasteiger partial charge in [0.1, 0.15) is 19.0 Å². The molecule has 1 saturated heterocycles. The average Bonchev–Trinajstić information content (AvgIpc) is 3.08. The topological polar surface area (TPSA) is 51.2 Å². The Morgan fingerprint density at radius 2 is 1.52 bits per heavy atom. The number of halogens is 2. The molecular weight excluding hydrogens is 643 g/mol. The Balaban J connectivity index is 1.25. The zero-order valence-electron chi connectivity index (χ0n) is 27.7. The van der Waals surface area contributed by atoms with E-state index in [2.05, 4.69) is 65.3 Å². The van der Waals surface area contributed by atoms with Gasteiger partial charge in [-0.2, -0.15) is 0 Å². The number of rotatable bonds is 12. The van der Waals surface area contributed by atoms with Gasteiger partial charge in [-0.15, -0.1) is 0 Å². The van der Waals surface area contributed by atoms with E-state index in [4.69, 9.17) is 37.4 Å². The molecule has 8 heteroatoms. The summed E-state index contributed by atoms with van der Waals surface area (Å²) in [5, 5.41) is 0.958. The third-order valence-corrected chi connectivity index (χ3v) is 9.76. The van der Waals surface area contributed by atoms with Gasteiger partial charge < -0.3 is 14.2 Å². The maximum absolute atomic E-state index is 13.9. The molecule has 0 spiro atoms. The SMILES string of the molecule is CCOC(=O)C1=C(c2ccc(OCCOc3c(Cl)cc(C)cc3Cl)cc2)C[C@@H]2CN(Cc3ccccc3)C[C@H]1N2[C@H](C)c1ccccc1. The molecule has 48 heavy (non-hydrogen) atoms. The van der Waals surface area contributed by atoms with Crippen LogP contribution in [0.15, 0.2) is 103 Å². The first-order valence-corrected chi connectivity index (χ1v) is 17.4. The van der Waals surface area contributed by atoms with Crippen molar-refractivity contribution >= 4 is 34.7 Å². The first-order valence-electron chi connectivity index (χ1n) is 16.6. The molecule has 3 atom stereocenters. The Bertz CT molecular complexity index is 1710. The van der Waals surface area contributed by atoms with Crippen molar-refractivity contribution in [2.24, 2.45) is 0 Å². The molecule has 0 aromatic heterocycles. The van der Waals surface area contributed by atoms with Crippen LogP contribution in [0.1, 0.15) is 48.6 Å². The van der Waals surface area contributed by atoms with Crippen molar-refractivity contribution in [3.05, 3.63) is 135 Å². The molecule has 6 rings (SSSR count). The fraction of sp³-hybridized carbons (Fsp3) is 0.325. The summed E-state index contributed by atoms with van der Waals surface area (Å²) in [6.45, 7) is 9.47. The van der Waals surface area contributed by atoms with Crippen molar-refractivity contribution in [1.82, 2.24) is 9.80 Å². The molecule has 0 saturated carbocycles. The summed E-state index contributed by atoms with van der Waals surface area (Å²) in [7, 11) is 0. The first-order chi connectivity index (χ1) is 23.3. The van der Waals surface area contributed by atoms with Gasteiger partial charge in [0.25, 0.3) is 0 Å². The van der Waals surface area contributed by atoms with Crippen LogP contribution in [0.4, 0.5) is 0 Å². The zero-order chi connectivity index (χ0) is 33.6. The summed E-state index contributed by atoms with van der Waals surface area (Å²) in [6.07, 6.45) is 0.735. The van der Waals surface area contributed by atoms with Gasteiger partial charge in [-0.1, -0.05) is 96.0 Å². The fourth-order valence-corrected chi connectivity index (χ4v) is 7.80. The Morgan fingerprint density at radius 1 is 0.875 bits per heavy atom. The third-order valence-electron chi connectivity index (χ3n) is 9.20. The first kappa shape index (κ1) is 34.1. The zero-order valence-corrected chi connectivity index (χ0v) is 29.2. The highest BCUT2D eigenvalue weighted by molar-refractivity contribution is 6.37. The van der Waals surface area contributed by atoms with Crippen LogP contribution < -0.4 is 9.47 Å². The summed E-state index contributed by atoms with van der Waals surface area (Å²) in [6, 6.07) is 33.0. The number of esters is 1. The van der Waals surface area contributed by atoms with Crippen LogP contribution in [0.5, 0.6) is 11.5 Å². The minimum atomic E-state index is -0.242. The maximum Gasteiger partial charge on any atom is 0.335 e. The third kappa shape index (κ3) is 7.74. The number of carbonyl (C=O) groups is 1. The van der Waals surface area contributed by atoms with E-state index in [1.165, 1.54) is 11.1 Å². The van der Waals surface area contributed by atoms with Crippen molar-refractivity contribution < 1.29 is 19.0 Å². The van der Waals surface area contributed by atoms with Crippen molar-refractivity contribution in [3.63, 3.8) is 0 Å². The van der Waals surface area contributed by atoms with E-state index in [0.717, 1.165) is 48.3 Å². The van der Waals surface area contributed by atoms with Crippen LogP contribution in [0.2, 0.25) is 10.0 Å². The molecule has 0 amide bonds. The Kier molecular flexibility index (Phi) is 11.1. The number of carbonyl (C=O) groups excluding carboxylic acids is 1. The molecule has 0 aliphatic carbocycles. The lowest BCUT2D eigenvalue weighted by Crippen LogP contribution is -2.62. The number of hydrogen-bond acceptors (Lipinski definition) is 6. The van der Waals surface area contributed by atoms with Crippen molar-refractivity contribution in [3.8, 4) is 11.5 Å². The van der Waals surface area contributed by atoms with Crippen LogP contribution in [0, 0.1) is 6.92 Å². The molecule has 0 radical (unpaired) electrons. The van der Waals surface area contributed by atoms with Gasteiger partial charge >= 0.3 is 5.97 Å². The van der Waals surface area contributed by atoms with E-state index in [9.17, 15) is 4.79 Å². The normalized spacial score (nSPS) is 18.8. The van der Waals surface area contributed by atoms with E-state index in [1.54, 1.807) is 0 Å². The molecule has 2 aliphatic heterocycles. The average molecular weight is 686 g/mol. The van der Waals surface area contributed by atoms with Crippen LogP contribution in [-0.4, -0.2) is 60.8 Å². The number of aryl methyl sites for hydroxylation is 1. The van der Waals surface area contributed by atoms with Crippen molar-refractivity contribution in [2.75, 3.05) is 32.9 Å². The van der Waals surface area contributed by atoms with Gasteiger partial charge in [0.2, 0.25) is 0 Å². The van der Waals surface area contributed by atoms with Crippen molar-refractivity contribution in [2.45, 2.75) is 51.9 Å². The summed E-state index contributed by atoms with van der Waals surface area (Å²) >= 11 is 12.6. The summed E-state index contributed by atoms with van der Waals surface area (Å²) < 4.78 is 17.6. The molecule has 1 fully saturated rings. The van der Waals surface area contributed by atoms with E-state index < -0.39 is 0 Å². The Hall–Kier alpha value is -3.81. The predicted octanol–water partition coefficient (Wildman–Crippen LogP) is 8.80. The maximum atomic E-state index is 13.9. The van der Waals surface area contributed by atoms with Gasteiger partial charge in [0, 0.05) is 31.7 Å². The second-order valence-electron chi connectivity index (χ2n) is 12.5. The van der Waals surface area contributed by atoms with Crippen LogP contribution in [0.3, 0.4) is 0 Å². The van der Waals surface area contributed by atoms with Crippen LogP contribution in [0.25, 0.3) is 5.57 Å². The van der Waals surface area contributed by atoms with E-state index in [1.807, 2.05) is 62.4 Å². The molecule has 6 nitrogen and oxygen atoms in total. The largest absolute Gasteiger partial charge is 0.490 e. The number of nitrogens with zero attached hydrogens (tertiary/aromatic N) is 2. The molecule has 250 valence electrons. The number of hydrogen-bond donors (Lipinski definition) is 0. The Labute approximate surface area is 293 Å². The van der Waals surface area contributed by atoms with Gasteiger partial charge in [-0.05, 0) is 79.3 Å². The standard InChI is InChI=1S/C40H42Cl2N2O4/c1-4-46-40(45)38-34(31-15-17-33(18-16-31)47-19-20-48-39-35(41)21-27(2)22-36(39)42)23-32-25-43(24-29-11-7-5-8-12-29)26-37(38)44(32)28(3)30-13-9-6-10-14-30/h5-18,21-22,28,32,37H,4,19-20,23-26H2,1-3H3/t28-,32-,37-/m1/s1. The predicted molar refractivity (Wildman–Crippen MR) is 193 cm³/mol. The molecule has 0 N–H and O–H groups in total. The quantitative estimate of drug-likeness (QED) is 0.110. The van der Waals surface area contributed by atoms with E-state index in [-0.39, 0.29) is 24.1 Å². The monoisotopic (exact) mass is 684 g/mol. The number of fused-ring (bicyclic) bond motifs is 2. The minimum Gasteiger partial charge on any atom is -0.490 e. The molecule has 2 heterocycles. The molecular formula is C40H42Cl2N2O4. The van der Waals surface area contributed by atoms with Gasteiger partial charge in [0.05, 0.1) is 28.3 Å². The second-order valence-corrected chi connectivity index (χ2v) is 13.3. The van der Waals surface area contributed by atoms with Gasteiger partial charge in [-0.25, -0.2) is 4.79 Å². The molecule has 2 bridgehead atoms. The summed E-state index contributed by atoms with van der Waals surface area (Å²) in [4.78, 5) is 18.9. The highest BCUT2D eigenvalue weighted by Gasteiger charge is 2.46. The lowest BCUT2D eigenvalue weighted by molar-refractivity contribution is -0.140. The lowest BCUT2D eigenvalue weighted by Gasteiger charge is -2.53. The van der Waals surface area contributed by atoms with Crippen molar-refractivity contribution in [1.29, 1.82) is 0 Å². The Morgan fingerprint density at radius 3 is 2.19 bits per heavy atom. The molecule has 4 aromatic carbocycles. The highest BCUT2D eigenvalue weighted by Crippen LogP contribution is 2.43. The van der Waals surface area contributed by atoms with Crippen LogP contribution in [-0.2, 0) is 16.1 Å². The lowest BCUT2D eigenvalue weighted by atomic mass is 9.80. The number of piperazine rings is 1. The molecule has 4 aromatic rings. The fourth-order valence-electron chi connectivity index (χ4n) is 7.10. The summed E-state index contributed by atoms with van der Waals surface area (Å²) in [5.41, 5.74) is 6.31. The van der Waals surface area contributed by atoms with Crippen LogP contribution >= 0.6 is 23.2 Å². The van der Waals surface area contributed by atoms with E-state index >= 15 is 0 Å². The molecule has 2 aliphatic rings. The van der Waals surface area contributed by atoms with E-state index in [0.29, 0.717) is 41.4 Å². The second kappa shape index (κ2) is 15.6. The van der Waals surface area contributed by atoms with Gasteiger partial charge in [-0.3, -0.25) is 9.80 Å². The van der Waals surface area contributed by atoms with Gasteiger partial charge in [0.15, 0.2) is 5.75 Å². The minimum absolute atomic E-state index is 0.126.